The zero-order chi connectivity index (χ0) is 16.3. The van der Waals surface area contributed by atoms with E-state index < -0.39 is 11.4 Å². The van der Waals surface area contributed by atoms with Crippen LogP contribution in [0.15, 0.2) is 48.5 Å². The van der Waals surface area contributed by atoms with Gasteiger partial charge in [0.1, 0.15) is 11.2 Å². The minimum absolute atomic E-state index is 0.383. The highest BCUT2D eigenvalue weighted by atomic mass is 35.5. The third kappa shape index (κ3) is 1.90. The Morgan fingerprint density at radius 3 is 2.52 bits per heavy atom. The molecule has 1 saturated heterocycles. The minimum atomic E-state index is -1.18. The number of fused-ring (bicyclic) bond motifs is 3. The summed E-state index contributed by atoms with van der Waals surface area (Å²) in [4.78, 5) is 0. The van der Waals surface area contributed by atoms with Gasteiger partial charge in [-0.05, 0) is 44.0 Å². The molecule has 2 atom stereocenters. The summed E-state index contributed by atoms with van der Waals surface area (Å²) in [5, 5.41) is 0.680. The van der Waals surface area contributed by atoms with E-state index in [0.717, 1.165) is 23.3 Å². The van der Waals surface area contributed by atoms with E-state index in [0.29, 0.717) is 5.02 Å². The van der Waals surface area contributed by atoms with Gasteiger partial charge in [-0.2, -0.15) is 0 Å². The van der Waals surface area contributed by atoms with E-state index in [1.165, 1.54) is 0 Å². The SMILES string of the molecule is COC12Oc3ccc(Cl)cc3C1(c1ccccc1)CC(C)(C)O2. The molecule has 120 valence electrons. The molecule has 4 rings (SSSR count). The van der Waals surface area contributed by atoms with Gasteiger partial charge in [-0.3, -0.25) is 0 Å². The molecule has 0 N–H and O–H groups in total. The predicted molar refractivity (Wildman–Crippen MR) is 88.8 cm³/mol. The van der Waals surface area contributed by atoms with Gasteiger partial charge in [0.05, 0.1) is 5.60 Å². The Labute approximate surface area is 141 Å². The molecule has 2 heterocycles. The van der Waals surface area contributed by atoms with E-state index in [2.05, 4.69) is 26.0 Å². The molecule has 0 amide bonds. The van der Waals surface area contributed by atoms with Crippen LogP contribution in [0.3, 0.4) is 0 Å². The Balaban J connectivity index is 2.05. The number of ether oxygens (including phenoxy) is 3. The van der Waals surface area contributed by atoms with Crippen LogP contribution in [-0.2, 0) is 14.9 Å². The molecule has 0 aliphatic carbocycles. The molecular weight excluding hydrogens is 312 g/mol. The highest BCUT2D eigenvalue weighted by Crippen LogP contribution is 2.63. The van der Waals surface area contributed by atoms with Gasteiger partial charge in [-0.1, -0.05) is 41.9 Å². The Hall–Kier alpha value is -1.55. The summed E-state index contributed by atoms with van der Waals surface area (Å²) in [6.07, 6.45) is 0.741. The lowest BCUT2D eigenvalue weighted by Crippen LogP contribution is -2.51. The van der Waals surface area contributed by atoms with Crippen molar-refractivity contribution in [1.82, 2.24) is 0 Å². The number of rotatable bonds is 2. The van der Waals surface area contributed by atoms with Gasteiger partial charge in [-0.15, -0.1) is 0 Å². The van der Waals surface area contributed by atoms with Crippen LogP contribution in [-0.4, -0.2) is 18.7 Å². The Bertz CT molecular complexity index is 758. The van der Waals surface area contributed by atoms with Crippen molar-refractivity contribution in [2.75, 3.05) is 7.11 Å². The zero-order valence-electron chi connectivity index (χ0n) is 13.4. The molecule has 0 bridgehead atoms. The first-order valence-corrected chi connectivity index (χ1v) is 8.10. The van der Waals surface area contributed by atoms with E-state index in [1.807, 2.05) is 36.4 Å². The van der Waals surface area contributed by atoms with Crippen LogP contribution < -0.4 is 4.74 Å². The molecule has 2 unspecified atom stereocenters. The molecule has 23 heavy (non-hydrogen) atoms. The molecule has 4 heteroatoms. The lowest BCUT2D eigenvalue weighted by Gasteiger charge is -2.36. The lowest BCUT2D eigenvalue weighted by molar-refractivity contribution is -0.343. The maximum atomic E-state index is 6.30. The van der Waals surface area contributed by atoms with E-state index in [-0.39, 0.29) is 5.60 Å². The second-order valence-electron chi connectivity index (χ2n) is 6.81. The smallest absolute Gasteiger partial charge is 0.342 e. The van der Waals surface area contributed by atoms with Crippen LogP contribution in [0.5, 0.6) is 5.75 Å². The van der Waals surface area contributed by atoms with Crippen molar-refractivity contribution in [1.29, 1.82) is 0 Å². The van der Waals surface area contributed by atoms with Crippen molar-refractivity contribution in [3.8, 4) is 5.75 Å². The van der Waals surface area contributed by atoms with Crippen molar-refractivity contribution in [3.05, 3.63) is 64.7 Å². The molecule has 2 aromatic rings. The van der Waals surface area contributed by atoms with Crippen LogP contribution in [0.4, 0.5) is 0 Å². The highest BCUT2D eigenvalue weighted by molar-refractivity contribution is 6.30. The Morgan fingerprint density at radius 2 is 1.83 bits per heavy atom. The van der Waals surface area contributed by atoms with E-state index >= 15 is 0 Å². The molecule has 1 fully saturated rings. The maximum absolute atomic E-state index is 6.30. The Kier molecular flexibility index (Phi) is 3.08. The van der Waals surface area contributed by atoms with E-state index in [4.69, 9.17) is 25.8 Å². The molecule has 0 radical (unpaired) electrons. The van der Waals surface area contributed by atoms with Crippen molar-refractivity contribution >= 4 is 11.6 Å². The second-order valence-corrected chi connectivity index (χ2v) is 7.25. The number of benzene rings is 2. The van der Waals surface area contributed by atoms with Crippen molar-refractivity contribution < 1.29 is 14.2 Å². The molecule has 2 aliphatic heterocycles. The summed E-state index contributed by atoms with van der Waals surface area (Å²) in [5.41, 5.74) is 1.19. The van der Waals surface area contributed by atoms with Gasteiger partial charge in [0.2, 0.25) is 0 Å². The van der Waals surface area contributed by atoms with E-state index in [9.17, 15) is 0 Å². The second kappa shape index (κ2) is 4.73. The summed E-state index contributed by atoms with van der Waals surface area (Å²) in [7, 11) is 1.63. The van der Waals surface area contributed by atoms with Gasteiger partial charge < -0.3 is 14.2 Å². The normalized spacial score (nSPS) is 30.6. The van der Waals surface area contributed by atoms with Crippen LogP contribution >= 0.6 is 11.6 Å². The quantitative estimate of drug-likeness (QED) is 0.810. The van der Waals surface area contributed by atoms with Crippen molar-refractivity contribution in [2.24, 2.45) is 0 Å². The van der Waals surface area contributed by atoms with Gasteiger partial charge in [0.25, 0.3) is 0 Å². The minimum Gasteiger partial charge on any atom is -0.438 e. The molecular formula is C19H19ClO3. The fourth-order valence-corrected chi connectivity index (χ4v) is 4.26. The first-order valence-electron chi connectivity index (χ1n) is 7.72. The third-order valence-electron chi connectivity index (χ3n) is 4.81. The van der Waals surface area contributed by atoms with Crippen LogP contribution in [0.1, 0.15) is 31.4 Å². The largest absolute Gasteiger partial charge is 0.438 e. The number of halogens is 1. The first kappa shape index (κ1) is 15.0. The van der Waals surface area contributed by atoms with Gasteiger partial charge in [0, 0.05) is 17.7 Å². The number of hydrogen-bond acceptors (Lipinski definition) is 3. The fraction of sp³-hybridized carbons (Fsp3) is 0.368. The fourth-order valence-electron chi connectivity index (χ4n) is 4.09. The van der Waals surface area contributed by atoms with Crippen molar-refractivity contribution in [3.63, 3.8) is 0 Å². The molecule has 0 aromatic heterocycles. The number of hydrogen-bond donors (Lipinski definition) is 0. The summed E-state index contributed by atoms with van der Waals surface area (Å²) in [5.74, 6) is -0.416. The Morgan fingerprint density at radius 1 is 1.09 bits per heavy atom. The summed E-state index contributed by atoms with van der Waals surface area (Å²) < 4.78 is 18.4. The molecule has 0 saturated carbocycles. The average molecular weight is 331 g/mol. The molecule has 2 aromatic carbocycles. The maximum Gasteiger partial charge on any atom is 0.342 e. The summed E-state index contributed by atoms with van der Waals surface area (Å²) in [6, 6.07) is 15.9. The predicted octanol–water partition coefficient (Wildman–Crippen LogP) is 4.52. The molecule has 0 spiro atoms. The average Bonchev–Trinajstić information content (AvgIpc) is 2.92. The van der Waals surface area contributed by atoms with Gasteiger partial charge >= 0.3 is 5.97 Å². The van der Waals surface area contributed by atoms with E-state index in [1.54, 1.807) is 7.11 Å². The van der Waals surface area contributed by atoms with Crippen molar-refractivity contribution in [2.45, 2.75) is 37.3 Å². The lowest BCUT2D eigenvalue weighted by atomic mass is 9.70. The van der Waals surface area contributed by atoms with Gasteiger partial charge in [0.15, 0.2) is 0 Å². The zero-order valence-corrected chi connectivity index (χ0v) is 14.2. The van der Waals surface area contributed by atoms with Gasteiger partial charge in [-0.25, -0.2) is 0 Å². The summed E-state index contributed by atoms with van der Waals surface area (Å²) >= 11 is 6.29. The summed E-state index contributed by atoms with van der Waals surface area (Å²) in [6.45, 7) is 4.12. The molecule has 3 nitrogen and oxygen atoms in total. The third-order valence-corrected chi connectivity index (χ3v) is 5.04. The standard InChI is InChI=1S/C19H19ClO3/c1-17(2)12-18(13-7-5-4-6-8-13)15-11-14(20)9-10-16(15)22-19(18,21-3)23-17/h4-11H,12H2,1-3H3. The highest BCUT2D eigenvalue weighted by Gasteiger charge is 2.71. The number of methoxy groups -OCH3 is 1. The topological polar surface area (TPSA) is 27.7 Å². The first-order chi connectivity index (χ1) is 10.9. The van der Waals surface area contributed by atoms with Crippen LogP contribution in [0, 0.1) is 0 Å². The molecule has 2 aliphatic rings. The monoisotopic (exact) mass is 330 g/mol. The van der Waals surface area contributed by atoms with Crippen LogP contribution in [0.2, 0.25) is 5.02 Å². The van der Waals surface area contributed by atoms with Crippen LogP contribution in [0.25, 0.3) is 0 Å².